The molecule has 0 atom stereocenters. The van der Waals surface area contributed by atoms with Crippen molar-refractivity contribution in [3.8, 4) is 0 Å². The lowest BCUT2D eigenvalue weighted by Crippen LogP contribution is -2.29. The van der Waals surface area contributed by atoms with E-state index in [0.29, 0.717) is 11.1 Å². The Labute approximate surface area is 69.3 Å². The predicted molar refractivity (Wildman–Crippen MR) is 42.9 cm³/mol. The molecule has 0 aliphatic carbocycles. The minimum absolute atomic E-state index is 0.375. The van der Waals surface area contributed by atoms with Crippen molar-refractivity contribution in [2.75, 3.05) is 0 Å². The van der Waals surface area contributed by atoms with Crippen LogP contribution in [0.4, 0.5) is 4.39 Å². The summed E-state index contributed by atoms with van der Waals surface area (Å²) < 4.78 is 12.0. The molecule has 1 amide bonds. The van der Waals surface area contributed by atoms with E-state index in [4.69, 9.17) is 5.84 Å². The van der Waals surface area contributed by atoms with E-state index in [2.05, 4.69) is 0 Å². The zero-order valence-electron chi connectivity index (χ0n) is 6.38. The Balaban J connectivity index is 2.84. The van der Waals surface area contributed by atoms with Gasteiger partial charge in [0, 0.05) is 5.56 Å². The van der Waals surface area contributed by atoms with Crippen LogP contribution in [0.15, 0.2) is 24.3 Å². The van der Waals surface area contributed by atoms with E-state index in [1.807, 2.05) is 5.43 Å². The summed E-state index contributed by atoms with van der Waals surface area (Å²) >= 11 is 0. The predicted octanol–water partition coefficient (Wildman–Crippen LogP) is 0.760. The maximum atomic E-state index is 12.0. The van der Waals surface area contributed by atoms with Crippen molar-refractivity contribution in [2.24, 2.45) is 5.84 Å². The third-order valence-corrected chi connectivity index (χ3v) is 1.50. The smallest absolute Gasteiger partial charge is 0.265 e. The molecule has 3 nitrogen and oxygen atoms in total. The van der Waals surface area contributed by atoms with Gasteiger partial charge in [0.15, 0.2) is 0 Å². The molecule has 12 heavy (non-hydrogen) atoms. The van der Waals surface area contributed by atoms with Crippen LogP contribution in [0.2, 0.25) is 0 Å². The van der Waals surface area contributed by atoms with Crippen molar-refractivity contribution >= 4 is 5.91 Å². The highest BCUT2D eigenvalue weighted by molar-refractivity contribution is 5.93. The fourth-order valence-electron chi connectivity index (χ4n) is 0.829. The Kier molecular flexibility index (Phi) is 2.76. The molecular weight excluding hydrogens is 159 g/mol. The van der Waals surface area contributed by atoms with E-state index >= 15 is 0 Å². The zero-order chi connectivity index (χ0) is 8.97. The molecule has 0 bridgehead atoms. The molecule has 0 radical (unpaired) electrons. The van der Waals surface area contributed by atoms with Crippen molar-refractivity contribution in [3.05, 3.63) is 35.4 Å². The summed E-state index contributed by atoms with van der Waals surface area (Å²) in [7, 11) is 0. The van der Waals surface area contributed by atoms with Crippen LogP contribution in [0.3, 0.4) is 0 Å². The second-order valence-corrected chi connectivity index (χ2v) is 2.30. The molecule has 64 valence electrons. The molecule has 0 unspecified atom stereocenters. The second-order valence-electron chi connectivity index (χ2n) is 2.30. The summed E-state index contributed by atoms with van der Waals surface area (Å²) in [6, 6.07) is 6.14. The maximum Gasteiger partial charge on any atom is 0.265 e. The molecule has 0 saturated heterocycles. The number of nitrogens with two attached hydrogens (primary N) is 1. The van der Waals surface area contributed by atoms with Gasteiger partial charge >= 0.3 is 0 Å². The Morgan fingerprint density at radius 2 is 2.00 bits per heavy atom. The van der Waals surface area contributed by atoms with Gasteiger partial charge in [-0.25, -0.2) is 10.2 Å². The molecular formula is C8H9FN2O. The molecule has 0 aromatic heterocycles. The molecule has 0 spiro atoms. The average Bonchev–Trinajstić information content (AvgIpc) is 2.17. The largest absolute Gasteiger partial charge is 0.290 e. The van der Waals surface area contributed by atoms with Gasteiger partial charge in [0.25, 0.3) is 5.91 Å². The number of hydrogen-bond acceptors (Lipinski definition) is 2. The molecule has 1 aromatic carbocycles. The first-order valence-electron chi connectivity index (χ1n) is 3.43. The monoisotopic (exact) mass is 168 g/mol. The van der Waals surface area contributed by atoms with Gasteiger partial charge in [-0.2, -0.15) is 0 Å². The molecule has 1 rings (SSSR count). The van der Waals surface area contributed by atoms with Gasteiger partial charge in [-0.1, -0.05) is 12.1 Å². The number of amides is 1. The van der Waals surface area contributed by atoms with Crippen LogP contribution >= 0.6 is 0 Å². The molecule has 0 aliphatic heterocycles. The fourth-order valence-corrected chi connectivity index (χ4v) is 0.829. The van der Waals surface area contributed by atoms with Crippen molar-refractivity contribution in [1.82, 2.24) is 5.43 Å². The highest BCUT2D eigenvalue weighted by Crippen LogP contribution is 2.04. The lowest BCUT2D eigenvalue weighted by atomic mass is 10.1. The quantitative estimate of drug-likeness (QED) is 0.389. The number of hydrazine groups is 1. The van der Waals surface area contributed by atoms with Crippen LogP contribution in [0.25, 0.3) is 0 Å². The average molecular weight is 168 g/mol. The number of nitrogen functional groups attached to an aromatic ring is 1. The first-order chi connectivity index (χ1) is 5.77. The third-order valence-electron chi connectivity index (χ3n) is 1.50. The molecule has 0 aliphatic rings. The lowest BCUT2D eigenvalue weighted by Gasteiger charge is -1.99. The van der Waals surface area contributed by atoms with E-state index in [1.54, 1.807) is 12.1 Å². The van der Waals surface area contributed by atoms with Crippen LogP contribution in [0.5, 0.6) is 0 Å². The summed E-state index contributed by atoms with van der Waals surface area (Å²) in [4.78, 5) is 10.9. The van der Waals surface area contributed by atoms with Gasteiger partial charge < -0.3 is 0 Å². The molecule has 4 heteroatoms. The minimum atomic E-state index is -0.523. The highest BCUT2D eigenvalue weighted by Gasteiger charge is 2.01. The van der Waals surface area contributed by atoms with E-state index in [9.17, 15) is 9.18 Å². The fraction of sp³-hybridized carbons (Fsp3) is 0.125. The first-order valence-corrected chi connectivity index (χ1v) is 3.43. The van der Waals surface area contributed by atoms with Crippen molar-refractivity contribution in [3.63, 3.8) is 0 Å². The minimum Gasteiger partial charge on any atom is -0.290 e. The normalized spacial score (nSPS) is 9.50. The van der Waals surface area contributed by atoms with Crippen molar-refractivity contribution in [1.29, 1.82) is 0 Å². The number of benzene rings is 1. The Hall–Kier alpha value is -1.42. The van der Waals surface area contributed by atoms with E-state index in [-0.39, 0.29) is 5.91 Å². The molecule has 1 aromatic rings. The molecule has 3 N–H and O–H groups in total. The number of carbonyl (C=O) groups is 1. The zero-order valence-corrected chi connectivity index (χ0v) is 6.38. The number of alkyl halides is 1. The summed E-state index contributed by atoms with van der Waals surface area (Å²) in [6.45, 7) is -0.523. The van der Waals surface area contributed by atoms with Crippen molar-refractivity contribution < 1.29 is 9.18 Å². The summed E-state index contributed by atoms with van der Waals surface area (Å²) in [5.41, 5.74) is 2.96. The van der Waals surface area contributed by atoms with Crippen LogP contribution in [-0.4, -0.2) is 5.91 Å². The van der Waals surface area contributed by atoms with Gasteiger partial charge in [0.1, 0.15) is 6.67 Å². The summed E-state index contributed by atoms with van der Waals surface area (Å²) in [5, 5.41) is 0. The van der Waals surface area contributed by atoms with Crippen LogP contribution < -0.4 is 11.3 Å². The SMILES string of the molecule is NNC(=O)c1ccc(CF)cc1. The number of rotatable bonds is 2. The lowest BCUT2D eigenvalue weighted by molar-refractivity contribution is 0.0953. The van der Waals surface area contributed by atoms with E-state index in [0.717, 1.165) is 0 Å². The number of halogens is 1. The van der Waals surface area contributed by atoms with E-state index in [1.165, 1.54) is 12.1 Å². The van der Waals surface area contributed by atoms with Gasteiger partial charge in [-0.15, -0.1) is 0 Å². The maximum absolute atomic E-state index is 12.0. The Morgan fingerprint density at radius 3 is 2.42 bits per heavy atom. The van der Waals surface area contributed by atoms with Gasteiger partial charge in [-0.05, 0) is 17.7 Å². The molecule has 0 saturated carbocycles. The van der Waals surface area contributed by atoms with Gasteiger partial charge in [0.2, 0.25) is 0 Å². The molecule has 0 heterocycles. The standard InChI is InChI=1S/C8H9FN2O/c9-5-6-1-3-7(4-2-6)8(12)11-10/h1-4H,5,10H2,(H,11,12). The van der Waals surface area contributed by atoms with Crippen LogP contribution in [-0.2, 0) is 6.67 Å². The van der Waals surface area contributed by atoms with E-state index < -0.39 is 6.67 Å². The number of carbonyl (C=O) groups excluding carboxylic acids is 1. The van der Waals surface area contributed by atoms with Crippen molar-refractivity contribution in [2.45, 2.75) is 6.67 Å². The summed E-state index contributed by atoms with van der Waals surface area (Å²) in [5.74, 6) is 4.53. The van der Waals surface area contributed by atoms with Crippen LogP contribution in [0, 0.1) is 0 Å². The third kappa shape index (κ3) is 1.79. The Bertz CT molecular complexity index is 271. The second kappa shape index (κ2) is 3.82. The topological polar surface area (TPSA) is 55.1 Å². The van der Waals surface area contributed by atoms with Gasteiger partial charge in [0.05, 0.1) is 0 Å². The number of nitrogens with one attached hydrogen (secondary N) is 1. The highest BCUT2D eigenvalue weighted by atomic mass is 19.1. The first kappa shape index (κ1) is 8.67. The van der Waals surface area contributed by atoms with Gasteiger partial charge in [-0.3, -0.25) is 10.2 Å². The summed E-state index contributed by atoms with van der Waals surface area (Å²) in [6.07, 6.45) is 0. The van der Waals surface area contributed by atoms with Crippen LogP contribution in [0.1, 0.15) is 15.9 Å². The molecule has 0 fully saturated rings. The Morgan fingerprint density at radius 1 is 1.42 bits per heavy atom. The number of hydrogen-bond donors (Lipinski definition) is 2.